The number of hydrogen-bond acceptors (Lipinski definition) is 5. The van der Waals surface area contributed by atoms with Gasteiger partial charge in [0.25, 0.3) is 5.56 Å². The van der Waals surface area contributed by atoms with Crippen molar-refractivity contribution in [1.82, 2.24) is 24.5 Å². The zero-order valence-corrected chi connectivity index (χ0v) is 18.4. The molecule has 3 aromatic heterocycles. The molecule has 2 N–H and O–H groups in total. The molecule has 0 spiro atoms. The largest absolute Gasteiger partial charge is 0.360 e. The lowest BCUT2D eigenvalue weighted by atomic mass is 10.0. The van der Waals surface area contributed by atoms with Gasteiger partial charge in [-0.25, -0.2) is 28.1 Å². The maximum Gasteiger partial charge on any atom is 0.265 e. The average Bonchev–Trinajstić information content (AvgIpc) is 3.30. The topological polar surface area (TPSA) is 88.5 Å². The van der Waals surface area contributed by atoms with Crippen molar-refractivity contribution in [3.63, 3.8) is 0 Å². The summed E-state index contributed by atoms with van der Waals surface area (Å²) in [5.41, 5.74) is -0.260. The Morgan fingerprint density at radius 1 is 1.09 bits per heavy atom. The van der Waals surface area contributed by atoms with Crippen molar-refractivity contribution in [1.29, 1.82) is 0 Å². The zero-order valence-electron chi connectivity index (χ0n) is 17.6. The molecule has 0 bridgehead atoms. The van der Waals surface area contributed by atoms with E-state index >= 15 is 0 Å². The Balaban J connectivity index is 1.81. The van der Waals surface area contributed by atoms with Crippen molar-refractivity contribution >= 4 is 39.4 Å². The van der Waals surface area contributed by atoms with Crippen LogP contribution >= 0.6 is 11.6 Å². The van der Waals surface area contributed by atoms with Crippen molar-refractivity contribution in [3.8, 4) is 5.69 Å². The van der Waals surface area contributed by atoms with Gasteiger partial charge in [-0.15, -0.1) is 0 Å². The number of nitrogens with one attached hydrogen (secondary N) is 2. The number of anilines is 1. The molecule has 0 saturated heterocycles. The molecule has 5 rings (SSSR count). The van der Waals surface area contributed by atoms with Gasteiger partial charge >= 0.3 is 0 Å². The van der Waals surface area contributed by atoms with E-state index in [1.165, 1.54) is 24.8 Å². The van der Waals surface area contributed by atoms with E-state index in [0.29, 0.717) is 28.8 Å². The fraction of sp³-hybridized carbons (Fsp3) is 0.130. The number of fused-ring (bicyclic) bond motifs is 2. The van der Waals surface area contributed by atoms with Crippen LogP contribution in [0.1, 0.15) is 25.1 Å². The van der Waals surface area contributed by atoms with E-state index in [4.69, 9.17) is 11.6 Å². The molecule has 34 heavy (non-hydrogen) atoms. The number of halogens is 4. The van der Waals surface area contributed by atoms with Crippen LogP contribution in [0.15, 0.2) is 53.8 Å². The Morgan fingerprint density at radius 2 is 1.85 bits per heavy atom. The van der Waals surface area contributed by atoms with Crippen molar-refractivity contribution in [2.24, 2.45) is 0 Å². The van der Waals surface area contributed by atoms with Gasteiger partial charge in [-0.05, 0) is 36.1 Å². The third kappa shape index (κ3) is 3.47. The number of aromatic nitrogens is 5. The van der Waals surface area contributed by atoms with Gasteiger partial charge in [0.05, 0.1) is 22.8 Å². The summed E-state index contributed by atoms with van der Waals surface area (Å²) < 4.78 is 44.8. The number of H-pyrrole nitrogens is 1. The maximum atomic E-state index is 14.9. The van der Waals surface area contributed by atoms with Crippen LogP contribution in [-0.2, 0) is 0 Å². The molecule has 3 heterocycles. The van der Waals surface area contributed by atoms with Crippen molar-refractivity contribution in [2.75, 3.05) is 5.32 Å². The Kier molecular flexibility index (Phi) is 5.45. The van der Waals surface area contributed by atoms with Gasteiger partial charge in [0, 0.05) is 5.69 Å². The van der Waals surface area contributed by atoms with E-state index in [-0.39, 0.29) is 11.1 Å². The van der Waals surface area contributed by atoms with Crippen LogP contribution in [0.3, 0.4) is 0 Å². The molecule has 0 radical (unpaired) electrons. The summed E-state index contributed by atoms with van der Waals surface area (Å²) in [7, 11) is 0. The number of benzene rings is 2. The molecule has 11 heteroatoms. The lowest BCUT2D eigenvalue weighted by molar-refractivity contribution is 0.558. The van der Waals surface area contributed by atoms with Gasteiger partial charge in [0.1, 0.15) is 35.0 Å². The number of rotatable bonds is 5. The predicted octanol–water partition coefficient (Wildman–Crippen LogP) is 5.29. The molecule has 0 aliphatic rings. The highest BCUT2D eigenvalue weighted by atomic mass is 35.5. The first kappa shape index (κ1) is 21.9. The minimum atomic E-state index is -0.957. The van der Waals surface area contributed by atoms with Gasteiger partial charge in [-0.2, -0.15) is 0 Å². The maximum absolute atomic E-state index is 14.9. The fourth-order valence-corrected chi connectivity index (χ4v) is 4.22. The van der Waals surface area contributed by atoms with Crippen LogP contribution in [0.2, 0.25) is 5.02 Å². The molecule has 0 aliphatic carbocycles. The first-order valence-electron chi connectivity index (χ1n) is 10.3. The van der Waals surface area contributed by atoms with Gasteiger partial charge < -0.3 is 10.3 Å². The van der Waals surface area contributed by atoms with E-state index in [1.54, 1.807) is 6.07 Å². The molecule has 0 aliphatic heterocycles. The van der Waals surface area contributed by atoms with Crippen molar-refractivity contribution in [2.45, 2.75) is 19.4 Å². The van der Waals surface area contributed by atoms with E-state index in [9.17, 15) is 18.0 Å². The Labute approximate surface area is 195 Å². The smallest absolute Gasteiger partial charge is 0.265 e. The number of imidazole rings is 1. The van der Waals surface area contributed by atoms with Crippen LogP contribution < -0.4 is 10.9 Å². The third-order valence-electron chi connectivity index (χ3n) is 5.56. The highest BCUT2D eigenvalue weighted by Gasteiger charge is 2.25. The molecule has 0 fully saturated rings. The molecular weight excluding hydrogens is 469 g/mol. The molecule has 7 nitrogen and oxygen atoms in total. The summed E-state index contributed by atoms with van der Waals surface area (Å²) in [6, 6.07) is 6.71. The van der Waals surface area contributed by atoms with E-state index < -0.39 is 39.8 Å². The lowest BCUT2D eigenvalue weighted by Crippen LogP contribution is -2.28. The van der Waals surface area contributed by atoms with Gasteiger partial charge in [-0.3, -0.25) is 9.36 Å². The fourth-order valence-electron chi connectivity index (χ4n) is 3.97. The second kappa shape index (κ2) is 8.45. The van der Waals surface area contributed by atoms with Crippen molar-refractivity contribution in [3.05, 3.63) is 87.6 Å². The number of para-hydroxylation sites is 1. The minimum Gasteiger partial charge on any atom is -0.360 e. The first-order chi connectivity index (χ1) is 16.4. The van der Waals surface area contributed by atoms with Crippen LogP contribution in [-0.4, -0.2) is 24.5 Å². The Morgan fingerprint density at radius 3 is 2.59 bits per heavy atom. The molecular formula is C23H16ClF3N6O. The number of nitrogens with zero attached hydrogens (tertiary/aromatic N) is 4. The second-order valence-electron chi connectivity index (χ2n) is 7.53. The number of hydrogen-bond donors (Lipinski definition) is 2. The average molecular weight is 485 g/mol. The molecule has 0 saturated carbocycles. The normalized spacial score (nSPS) is 12.4. The lowest BCUT2D eigenvalue weighted by Gasteiger charge is -2.24. The summed E-state index contributed by atoms with van der Waals surface area (Å²) in [5, 5.41) is 2.92. The zero-order chi connectivity index (χ0) is 24.0. The molecule has 172 valence electrons. The summed E-state index contributed by atoms with van der Waals surface area (Å²) >= 11 is 6.10. The molecule has 1 unspecified atom stereocenters. The van der Waals surface area contributed by atoms with Crippen LogP contribution in [0, 0.1) is 17.5 Å². The first-order valence-corrected chi connectivity index (χ1v) is 10.7. The van der Waals surface area contributed by atoms with Crippen LogP contribution in [0.4, 0.5) is 19.0 Å². The monoisotopic (exact) mass is 484 g/mol. The molecule has 1 atom stereocenters. The highest BCUT2D eigenvalue weighted by molar-refractivity contribution is 6.35. The van der Waals surface area contributed by atoms with E-state index in [0.717, 1.165) is 22.8 Å². The minimum absolute atomic E-state index is 0.181. The van der Waals surface area contributed by atoms with Gasteiger partial charge in [-0.1, -0.05) is 30.7 Å². The summed E-state index contributed by atoms with van der Waals surface area (Å²) in [5.74, 6) is -2.36. The van der Waals surface area contributed by atoms with Crippen molar-refractivity contribution < 1.29 is 13.2 Å². The molecule has 5 aromatic rings. The quantitative estimate of drug-likeness (QED) is 0.354. The molecule has 0 amide bonds. The number of aromatic amines is 1. The summed E-state index contributed by atoms with van der Waals surface area (Å²) in [6.45, 7) is 1.83. The summed E-state index contributed by atoms with van der Waals surface area (Å²) in [4.78, 5) is 29.0. The van der Waals surface area contributed by atoms with E-state index in [1.807, 2.05) is 6.92 Å². The standard InChI is InChI=1S/C23H16ClF3N6O/c1-2-15(32-22-19-21(29-9-28-19)30-10-31-22)16-8-11-6-7-12(25)18(24)17(11)23(34)33(16)20-13(26)4-3-5-14(20)27/h3-10,15H,2H2,1H3,(H2,28,29,30,31,32). The van der Waals surface area contributed by atoms with Crippen LogP contribution in [0.25, 0.3) is 27.6 Å². The Bertz CT molecular complexity index is 1600. The Hall–Kier alpha value is -3.92. The second-order valence-corrected chi connectivity index (χ2v) is 7.91. The van der Waals surface area contributed by atoms with Crippen LogP contribution in [0.5, 0.6) is 0 Å². The molecule has 2 aromatic carbocycles. The summed E-state index contributed by atoms with van der Waals surface area (Å²) in [6.07, 6.45) is 3.19. The van der Waals surface area contributed by atoms with Gasteiger partial charge in [0.2, 0.25) is 0 Å². The SMILES string of the molecule is CCC(Nc1ncnc2[nH]cnc12)c1cc2ccc(F)c(Cl)c2c(=O)n1-c1c(F)cccc1F. The predicted molar refractivity (Wildman–Crippen MR) is 123 cm³/mol. The number of pyridine rings is 1. The van der Waals surface area contributed by atoms with E-state index in [2.05, 4.69) is 25.3 Å². The third-order valence-corrected chi connectivity index (χ3v) is 5.93. The highest BCUT2D eigenvalue weighted by Crippen LogP contribution is 2.31. The van der Waals surface area contributed by atoms with Gasteiger partial charge in [0.15, 0.2) is 11.5 Å².